The van der Waals surface area contributed by atoms with Gasteiger partial charge in [0.15, 0.2) is 0 Å². The highest BCUT2D eigenvalue weighted by Gasteiger charge is 2.29. The summed E-state index contributed by atoms with van der Waals surface area (Å²) < 4.78 is 4.76. The van der Waals surface area contributed by atoms with Gasteiger partial charge in [-0.05, 0) is 18.9 Å². The number of aliphatic hydroxyl groups is 1. The lowest BCUT2D eigenvalue weighted by atomic mass is 9.98. The van der Waals surface area contributed by atoms with Crippen molar-refractivity contribution in [3.05, 3.63) is 21.9 Å². The quantitative estimate of drug-likeness (QED) is 0.657. The standard InChI is InChI=1S/C15H17NO4S/c1-20-15(19)11-4-2-6-16(9-11)14(18)12-8-13(21-10-12)5-3-7-17/h8,10-11,17H,2,4,6-7,9H2,1H3. The van der Waals surface area contributed by atoms with Crippen LogP contribution in [0.4, 0.5) is 0 Å². The van der Waals surface area contributed by atoms with E-state index in [-0.39, 0.29) is 24.4 Å². The van der Waals surface area contributed by atoms with Gasteiger partial charge in [-0.25, -0.2) is 0 Å². The highest BCUT2D eigenvalue weighted by molar-refractivity contribution is 7.10. The summed E-state index contributed by atoms with van der Waals surface area (Å²) >= 11 is 1.37. The predicted octanol–water partition coefficient (Wildman–Crippen LogP) is 1.12. The molecule has 1 saturated heterocycles. The second-order valence-corrected chi connectivity index (χ2v) is 5.68. The first kappa shape index (κ1) is 15.5. The van der Waals surface area contributed by atoms with Crippen LogP contribution in [-0.2, 0) is 9.53 Å². The summed E-state index contributed by atoms with van der Waals surface area (Å²) in [5.41, 5.74) is 0.577. The molecule has 2 heterocycles. The van der Waals surface area contributed by atoms with Crippen LogP contribution in [0, 0.1) is 17.8 Å². The minimum Gasteiger partial charge on any atom is -0.469 e. The molecule has 1 amide bonds. The molecule has 1 aliphatic rings. The van der Waals surface area contributed by atoms with E-state index in [4.69, 9.17) is 9.84 Å². The van der Waals surface area contributed by atoms with Crippen molar-refractivity contribution in [1.29, 1.82) is 0 Å². The lowest BCUT2D eigenvalue weighted by Crippen LogP contribution is -2.42. The zero-order valence-electron chi connectivity index (χ0n) is 11.8. The summed E-state index contributed by atoms with van der Waals surface area (Å²) in [6.45, 7) is 0.854. The normalized spacial score (nSPS) is 17.8. The van der Waals surface area contributed by atoms with Crippen molar-refractivity contribution in [1.82, 2.24) is 4.90 Å². The molecule has 0 radical (unpaired) electrons. The molecule has 0 saturated carbocycles. The molecule has 0 spiro atoms. The first-order valence-corrected chi connectivity index (χ1v) is 7.59. The number of rotatable bonds is 2. The van der Waals surface area contributed by atoms with E-state index in [0.29, 0.717) is 18.7 Å². The molecule has 1 fully saturated rings. The Morgan fingerprint density at radius 1 is 1.57 bits per heavy atom. The topological polar surface area (TPSA) is 66.8 Å². The van der Waals surface area contributed by atoms with Crippen LogP contribution in [0.1, 0.15) is 28.1 Å². The Hall–Kier alpha value is -1.84. The number of thiophene rings is 1. The van der Waals surface area contributed by atoms with Crippen LogP contribution in [0.15, 0.2) is 11.4 Å². The Morgan fingerprint density at radius 2 is 2.38 bits per heavy atom. The molecule has 1 atom stereocenters. The van der Waals surface area contributed by atoms with Gasteiger partial charge in [0, 0.05) is 18.5 Å². The Kier molecular flexibility index (Phi) is 5.37. The number of amides is 1. The second-order valence-electron chi connectivity index (χ2n) is 4.77. The average molecular weight is 307 g/mol. The van der Waals surface area contributed by atoms with Gasteiger partial charge in [-0.1, -0.05) is 11.8 Å². The molecule has 1 unspecified atom stereocenters. The minimum atomic E-state index is -0.257. The van der Waals surface area contributed by atoms with E-state index < -0.39 is 0 Å². The van der Waals surface area contributed by atoms with Gasteiger partial charge >= 0.3 is 5.97 Å². The molecule has 21 heavy (non-hydrogen) atoms. The van der Waals surface area contributed by atoms with Gasteiger partial charge in [0.2, 0.25) is 0 Å². The molecule has 0 aromatic carbocycles. The van der Waals surface area contributed by atoms with E-state index in [1.807, 2.05) is 0 Å². The monoisotopic (exact) mass is 307 g/mol. The van der Waals surface area contributed by atoms with Crippen LogP contribution in [0.5, 0.6) is 0 Å². The number of carbonyl (C=O) groups excluding carboxylic acids is 2. The maximum atomic E-state index is 12.4. The minimum absolute atomic E-state index is 0.0862. The molecule has 1 aromatic rings. The SMILES string of the molecule is COC(=O)C1CCCN(C(=O)c2csc(C#CCO)c2)C1. The van der Waals surface area contributed by atoms with Gasteiger partial charge in [0.05, 0.1) is 23.5 Å². The summed E-state index contributed by atoms with van der Waals surface area (Å²) in [5, 5.41) is 10.4. The van der Waals surface area contributed by atoms with Gasteiger partial charge < -0.3 is 14.7 Å². The van der Waals surface area contributed by atoms with Crippen molar-refractivity contribution < 1.29 is 19.4 Å². The largest absolute Gasteiger partial charge is 0.469 e. The predicted molar refractivity (Wildman–Crippen MR) is 78.9 cm³/mol. The summed E-state index contributed by atoms with van der Waals surface area (Å²) in [6.07, 6.45) is 1.56. The lowest BCUT2D eigenvalue weighted by molar-refractivity contribution is -0.146. The average Bonchev–Trinajstić information content (AvgIpc) is 3.00. The zero-order chi connectivity index (χ0) is 15.2. The van der Waals surface area contributed by atoms with Crippen molar-refractivity contribution in [2.75, 3.05) is 26.8 Å². The van der Waals surface area contributed by atoms with Crippen LogP contribution in [0.2, 0.25) is 0 Å². The number of piperidine rings is 1. The lowest BCUT2D eigenvalue weighted by Gasteiger charge is -2.31. The summed E-state index contributed by atoms with van der Waals surface area (Å²) in [5.74, 6) is 4.76. The zero-order valence-corrected chi connectivity index (χ0v) is 12.6. The maximum Gasteiger partial charge on any atom is 0.310 e. The third-order valence-electron chi connectivity index (χ3n) is 3.38. The van der Waals surface area contributed by atoms with Gasteiger partial charge in [0.25, 0.3) is 5.91 Å². The van der Waals surface area contributed by atoms with Gasteiger partial charge in [-0.15, -0.1) is 11.3 Å². The maximum absolute atomic E-state index is 12.4. The molecule has 0 aliphatic carbocycles. The fourth-order valence-corrected chi connectivity index (χ4v) is 3.09. The Balaban J connectivity index is 2.05. The summed E-state index contributed by atoms with van der Waals surface area (Å²) in [4.78, 5) is 26.5. The van der Waals surface area contributed by atoms with Crippen molar-refractivity contribution in [2.45, 2.75) is 12.8 Å². The van der Waals surface area contributed by atoms with E-state index in [9.17, 15) is 9.59 Å². The molecule has 1 aromatic heterocycles. The Morgan fingerprint density at radius 3 is 3.10 bits per heavy atom. The molecule has 5 nitrogen and oxygen atoms in total. The van der Waals surface area contributed by atoms with E-state index >= 15 is 0 Å². The van der Waals surface area contributed by atoms with Crippen LogP contribution in [0.3, 0.4) is 0 Å². The van der Waals surface area contributed by atoms with Crippen molar-refractivity contribution in [3.8, 4) is 11.8 Å². The van der Waals surface area contributed by atoms with Gasteiger partial charge in [-0.2, -0.15) is 0 Å². The number of methoxy groups -OCH3 is 1. The van der Waals surface area contributed by atoms with Gasteiger partial charge in [0.1, 0.15) is 6.61 Å². The number of hydrogen-bond donors (Lipinski definition) is 1. The smallest absolute Gasteiger partial charge is 0.310 e. The van der Waals surface area contributed by atoms with E-state index in [0.717, 1.165) is 17.7 Å². The third-order valence-corrected chi connectivity index (χ3v) is 4.23. The third kappa shape index (κ3) is 3.84. The second kappa shape index (κ2) is 7.25. The number of nitrogens with zero attached hydrogens (tertiary/aromatic N) is 1. The highest BCUT2D eigenvalue weighted by atomic mass is 32.1. The number of esters is 1. The molecule has 112 valence electrons. The molecule has 2 rings (SSSR count). The van der Waals surface area contributed by atoms with Crippen LogP contribution in [0.25, 0.3) is 0 Å². The van der Waals surface area contributed by atoms with Crippen molar-refractivity contribution in [3.63, 3.8) is 0 Å². The molecule has 1 N–H and O–H groups in total. The first-order valence-electron chi connectivity index (χ1n) is 6.71. The fourth-order valence-electron chi connectivity index (χ4n) is 2.34. The first-order chi connectivity index (χ1) is 10.2. The Labute approximate surface area is 127 Å². The van der Waals surface area contributed by atoms with Crippen molar-refractivity contribution in [2.24, 2.45) is 5.92 Å². The number of aliphatic hydroxyl groups excluding tert-OH is 1. The number of likely N-dealkylation sites (tertiary alicyclic amines) is 1. The summed E-state index contributed by atoms with van der Waals surface area (Å²) in [7, 11) is 1.37. The van der Waals surface area contributed by atoms with E-state index in [1.165, 1.54) is 18.4 Å². The van der Waals surface area contributed by atoms with Crippen LogP contribution >= 0.6 is 11.3 Å². The fraction of sp³-hybridized carbons (Fsp3) is 0.467. The molecule has 1 aliphatic heterocycles. The van der Waals surface area contributed by atoms with Crippen LogP contribution in [-0.4, -0.2) is 48.7 Å². The molecule has 0 bridgehead atoms. The van der Waals surface area contributed by atoms with E-state index in [1.54, 1.807) is 16.3 Å². The summed E-state index contributed by atoms with van der Waals surface area (Å²) in [6, 6.07) is 1.72. The van der Waals surface area contributed by atoms with E-state index in [2.05, 4.69) is 11.8 Å². The van der Waals surface area contributed by atoms with Gasteiger partial charge in [-0.3, -0.25) is 9.59 Å². The van der Waals surface area contributed by atoms with Crippen molar-refractivity contribution >= 4 is 23.2 Å². The molecular weight excluding hydrogens is 290 g/mol. The number of ether oxygens (including phenoxy) is 1. The highest BCUT2D eigenvalue weighted by Crippen LogP contribution is 2.21. The molecule has 6 heteroatoms. The molecular formula is C15H17NO4S. The number of carbonyl (C=O) groups is 2. The Bertz CT molecular complexity index is 584. The van der Waals surface area contributed by atoms with Crippen LogP contribution < -0.4 is 0 Å². The number of hydrogen-bond acceptors (Lipinski definition) is 5.